The van der Waals surface area contributed by atoms with Crippen LogP contribution in [-0.2, 0) is 4.79 Å². The van der Waals surface area contributed by atoms with Gasteiger partial charge in [-0.05, 0) is 29.8 Å². The van der Waals surface area contributed by atoms with Gasteiger partial charge in [-0.25, -0.2) is 4.40 Å². The molecule has 152 valence electrons. The van der Waals surface area contributed by atoms with E-state index >= 15 is 0 Å². The molecule has 2 aromatic carbocycles. The fourth-order valence-corrected chi connectivity index (χ4v) is 4.05. The summed E-state index contributed by atoms with van der Waals surface area (Å²) in [7, 11) is 0. The van der Waals surface area contributed by atoms with E-state index in [1.807, 2.05) is 60.7 Å². The van der Waals surface area contributed by atoms with Crippen molar-refractivity contribution in [1.29, 1.82) is 0 Å². The van der Waals surface area contributed by atoms with Crippen molar-refractivity contribution in [2.24, 2.45) is 10.1 Å². The lowest BCUT2D eigenvalue weighted by molar-refractivity contribution is -0.132. The molecule has 30 heavy (non-hydrogen) atoms. The molecule has 3 N–H and O–H groups in total. The van der Waals surface area contributed by atoms with E-state index in [1.54, 1.807) is 17.3 Å². The van der Waals surface area contributed by atoms with Crippen LogP contribution in [0.1, 0.15) is 11.5 Å². The topological polar surface area (TPSA) is 91.8 Å². The van der Waals surface area contributed by atoms with Gasteiger partial charge in [0.05, 0.1) is 24.6 Å². The number of aliphatic hydroxyl groups excluding tert-OH is 1. The Morgan fingerprint density at radius 2 is 2.03 bits per heavy atom. The van der Waals surface area contributed by atoms with E-state index in [1.165, 1.54) is 11.9 Å². The molecule has 1 aliphatic rings. The highest BCUT2D eigenvalue weighted by Gasteiger charge is 2.29. The number of amides is 1. The van der Waals surface area contributed by atoms with Gasteiger partial charge < -0.3 is 15.7 Å². The first-order valence-corrected chi connectivity index (χ1v) is 10.4. The molecule has 1 unspecified atom stereocenters. The highest BCUT2D eigenvalue weighted by molar-refractivity contribution is 7.98. The first-order valence-electron chi connectivity index (χ1n) is 9.63. The summed E-state index contributed by atoms with van der Waals surface area (Å²) in [6.07, 6.45) is 3.49. The summed E-state index contributed by atoms with van der Waals surface area (Å²) in [4.78, 5) is 19.9. The molecule has 0 radical (unpaired) electrons. The molecule has 0 saturated heterocycles. The minimum absolute atomic E-state index is 0.135. The number of benzene rings is 2. The molecular weight excluding hydrogens is 396 g/mol. The van der Waals surface area contributed by atoms with Gasteiger partial charge in [0.2, 0.25) is 5.91 Å². The number of nitrogens with zero attached hydrogens (tertiary/aromatic N) is 3. The third-order valence-electron chi connectivity index (χ3n) is 5.07. The lowest BCUT2D eigenvalue weighted by atomic mass is 9.98. The Bertz CT molecular complexity index is 1110. The van der Waals surface area contributed by atoms with E-state index < -0.39 is 5.92 Å². The van der Waals surface area contributed by atoms with E-state index in [2.05, 4.69) is 9.38 Å². The van der Waals surface area contributed by atoms with Crippen molar-refractivity contribution >= 4 is 35.0 Å². The van der Waals surface area contributed by atoms with Gasteiger partial charge in [0.15, 0.2) is 0 Å². The summed E-state index contributed by atoms with van der Waals surface area (Å²) in [5, 5.41) is 10.8. The van der Waals surface area contributed by atoms with Crippen LogP contribution in [0.3, 0.4) is 0 Å². The van der Waals surface area contributed by atoms with Crippen LogP contribution in [0.15, 0.2) is 87.4 Å². The van der Waals surface area contributed by atoms with E-state index in [4.69, 9.17) is 5.73 Å². The Kier molecular flexibility index (Phi) is 6.11. The molecule has 0 spiro atoms. The number of nitrogens with two attached hydrogens (primary N) is 1. The second-order valence-electron chi connectivity index (χ2n) is 7.07. The molecule has 1 atom stereocenters. The minimum Gasteiger partial charge on any atom is -0.400 e. The molecule has 0 aliphatic carbocycles. The van der Waals surface area contributed by atoms with Crippen LogP contribution in [0, 0.1) is 0 Å². The molecule has 0 saturated carbocycles. The van der Waals surface area contributed by atoms with Crippen molar-refractivity contribution in [2.45, 2.75) is 10.8 Å². The summed E-state index contributed by atoms with van der Waals surface area (Å²) >= 11 is 1.35. The van der Waals surface area contributed by atoms with Crippen molar-refractivity contribution < 1.29 is 9.90 Å². The zero-order chi connectivity index (χ0) is 20.9. The number of carbonyl (C=O) groups is 1. The average Bonchev–Trinajstić information content (AvgIpc) is 3.15. The Morgan fingerprint density at radius 1 is 1.20 bits per heavy atom. The van der Waals surface area contributed by atoms with E-state index in [9.17, 15) is 9.90 Å². The maximum Gasteiger partial charge on any atom is 0.233 e. The molecule has 1 amide bonds. The van der Waals surface area contributed by atoms with Crippen LogP contribution in [0.2, 0.25) is 0 Å². The smallest absolute Gasteiger partial charge is 0.233 e. The fraction of sp³-hybridized carbons (Fsp3) is 0.174. The molecule has 1 aliphatic heterocycles. The van der Waals surface area contributed by atoms with Gasteiger partial charge in [-0.15, -0.1) is 0 Å². The van der Waals surface area contributed by atoms with Gasteiger partial charge in [0.1, 0.15) is 0 Å². The number of fused-ring (bicyclic) bond motifs is 1. The summed E-state index contributed by atoms with van der Waals surface area (Å²) in [5.41, 5.74) is 9.35. The van der Waals surface area contributed by atoms with Crippen molar-refractivity contribution in [3.8, 4) is 0 Å². The predicted octanol–water partition coefficient (Wildman–Crippen LogP) is 3.14. The molecule has 2 heterocycles. The van der Waals surface area contributed by atoms with E-state index in [-0.39, 0.29) is 12.5 Å². The molecule has 4 rings (SSSR count). The molecule has 0 fully saturated rings. The monoisotopic (exact) mass is 418 g/mol. The molecule has 3 aromatic rings. The first kappa shape index (κ1) is 20.1. The first-order chi connectivity index (χ1) is 14.7. The third-order valence-corrected chi connectivity index (χ3v) is 5.75. The van der Waals surface area contributed by atoms with Gasteiger partial charge >= 0.3 is 0 Å². The van der Waals surface area contributed by atoms with Crippen LogP contribution >= 0.6 is 11.9 Å². The van der Waals surface area contributed by atoms with Gasteiger partial charge in [-0.1, -0.05) is 36.4 Å². The number of aliphatic hydroxyl groups is 1. The molecule has 0 bridgehead atoms. The number of pyridine rings is 1. The highest BCUT2D eigenvalue weighted by atomic mass is 32.2. The van der Waals surface area contributed by atoms with Gasteiger partial charge in [-0.3, -0.25) is 9.78 Å². The van der Waals surface area contributed by atoms with Crippen molar-refractivity contribution in [1.82, 2.24) is 9.88 Å². The summed E-state index contributed by atoms with van der Waals surface area (Å²) in [6, 6.07) is 19.2. The third kappa shape index (κ3) is 4.37. The minimum atomic E-state index is -0.587. The fourth-order valence-electron chi connectivity index (χ4n) is 3.44. The van der Waals surface area contributed by atoms with Crippen LogP contribution in [0.25, 0.3) is 10.9 Å². The van der Waals surface area contributed by atoms with Gasteiger partial charge in [0.25, 0.3) is 0 Å². The SMILES string of the molecule is NC1=C(C=NSc2ccc3ncccc3c2)CN(C(=O)C(CO)c2ccccc2)C1. The van der Waals surface area contributed by atoms with E-state index in [0.717, 1.165) is 26.9 Å². The quantitative estimate of drug-likeness (QED) is 0.474. The number of carbonyl (C=O) groups excluding carboxylic acids is 1. The Labute approximate surface area is 179 Å². The lowest BCUT2D eigenvalue weighted by Gasteiger charge is -2.22. The van der Waals surface area contributed by atoms with Crippen LogP contribution in [-0.4, -0.2) is 46.8 Å². The van der Waals surface area contributed by atoms with Crippen LogP contribution in [0.5, 0.6) is 0 Å². The van der Waals surface area contributed by atoms with E-state index in [0.29, 0.717) is 18.8 Å². The standard InChI is InChI=1S/C23H22N4O2S/c24-21-14-27(23(29)20(15-28)16-5-2-1-3-6-16)13-18(21)12-26-30-19-8-9-22-17(11-19)7-4-10-25-22/h1-12,20,28H,13-15,24H2. The highest BCUT2D eigenvalue weighted by Crippen LogP contribution is 2.25. The second-order valence-corrected chi connectivity index (χ2v) is 7.94. The number of aromatic nitrogens is 1. The number of hydrogen-bond donors (Lipinski definition) is 2. The van der Waals surface area contributed by atoms with Crippen LogP contribution < -0.4 is 5.73 Å². The van der Waals surface area contributed by atoms with Crippen molar-refractivity contribution in [3.63, 3.8) is 0 Å². The van der Waals surface area contributed by atoms with Crippen molar-refractivity contribution in [2.75, 3.05) is 19.7 Å². The normalized spacial score (nSPS) is 15.3. The Hall–Kier alpha value is -3.16. The Morgan fingerprint density at radius 3 is 2.83 bits per heavy atom. The molecule has 1 aromatic heterocycles. The summed E-state index contributed by atoms with van der Waals surface area (Å²) in [6.45, 7) is 0.491. The largest absolute Gasteiger partial charge is 0.400 e. The van der Waals surface area contributed by atoms with Crippen molar-refractivity contribution in [3.05, 3.63) is 83.7 Å². The second kappa shape index (κ2) is 9.11. The lowest BCUT2D eigenvalue weighted by Crippen LogP contribution is -2.36. The maximum atomic E-state index is 12.9. The van der Waals surface area contributed by atoms with Crippen LogP contribution in [0.4, 0.5) is 0 Å². The average molecular weight is 419 g/mol. The number of hydrogen-bond acceptors (Lipinski definition) is 6. The zero-order valence-corrected chi connectivity index (χ0v) is 17.1. The number of rotatable bonds is 6. The maximum absolute atomic E-state index is 12.9. The Balaban J connectivity index is 1.40. The molecule has 7 heteroatoms. The molecule has 6 nitrogen and oxygen atoms in total. The molecular formula is C23H22N4O2S. The van der Waals surface area contributed by atoms with Gasteiger partial charge in [-0.2, -0.15) is 0 Å². The zero-order valence-electron chi connectivity index (χ0n) is 16.3. The predicted molar refractivity (Wildman–Crippen MR) is 120 cm³/mol. The van der Waals surface area contributed by atoms with Gasteiger partial charge in [0, 0.05) is 52.5 Å². The summed E-state index contributed by atoms with van der Waals surface area (Å²) in [5.74, 6) is -0.722. The summed E-state index contributed by atoms with van der Waals surface area (Å²) < 4.78 is 4.44.